The van der Waals surface area contributed by atoms with Gasteiger partial charge in [-0.05, 0) is 61.6 Å². The molecule has 1 aliphatic rings. The van der Waals surface area contributed by atoms with Gasteiger partial charge in [0.2, 0.25) is 5.91 Å². The molecule has 1 atom stereocenters. The minimum atomic E-state index is -0.257. The van der Waals surface area contributed by atoms with Gasteiger partial charge >= 0.3 is 0 Å². The van der Waals surface area contributed by atoms with Gasteiger partial charge in [-0.15, -0.1) is 0 Å². The first-order valence-corrected chi connectivity index (χ1v) is 11.0. The minimum Gasteiger partial charge on any atom is -0.459 e. The van der Waals surface area contributed by atoms with Crippen LogP contribution in [0.3, 0.4) is 0 Å². The molecule has 2 aromatic heterocycles. The number of carbonyl (C=O) groups is 2. The van der Waals surface area contributed by atoms with Gasteiger partial charge < -0.3 is 14.2 Å². The number of hydrogen-bond donors (Lipinski definition) is 0. The van der Waals surface area contributed by atoms with Gasteiger partial charge in [-0.25, -0.2) is 0 Å². The lowest BCUT2D eigenvalue weighted by molar-refractivity contribution is -0.137. The van der Waals surface area contributed by atoms with E-state index in [-0.39, 0.29) is 23.8 Å². The van der Waals surface area contributed by atoms with Crippen molar-refractivity contribution in [3.63, 3.8) is 0 Å². The van der Waals surface area contributed by atoms with E-state index in [4.69, 9.17) is 4.42 Å². The molecule has 32 heavy (non-hydrogen) atoms. The van der Waals surface area contributed by atoms with Crippen LogP contribution in [0.5, 0.6) is 0 Å². The molecule has 1 unspecified atom stereocenters. The molecule has 0 aliphatic carbocycles. The van der Waals surface area contributed by atoms with Crippen molar-refractivity contribution in [1.29, 1.82) is 0 Å². The van der Waals surface area contributed by atoms with Gasteiger partial charge in [-0.3, -0.25) is 14.6 Å². The molecule has 0 radical (unpaired) electrons. The lowest BCUT2D eigenvalue weighted by Crippen LogP contribution is -2.44. The Balaban J connectivity index is 1.54. The first-order chi connectivity index (χ1) is 15.5. The predicted molar refractivity (Wildman–Crippen MR) is 122 cm³/mol. The summed E-state index contributed by atoms with van der Waals surface area (Å²) >= 11 is 0. The van der Waals surface area contributed by atoms with E-state index in [1.807, 2.05) is 43.1 Å². The first kappa shape index (κ1) is 21.8. The smallest absolute Gasteiger partial charge is 0.289 e. The molecule has 3 heterocycles. The molecule has 2 amide bonds. The average Bonchev–Trinajstić information content (AvgIpc) is 3.36. The van der Waals surface area contributed by atoms with Crippen molar-refractivity contribution in [3.05, 3.63) is 89.1 Å². The molecule has 0 N–H and O–H groups in total. The molecule has 6 nitrogen and oxygen atoms in total. The van der Waals surface area contributed by atoms with Crippen LogP contribution in [-0.4, -0.2) is 46.7 Å². The van der Waals surface area contributed by atoms with Crippen molar-refractivity contribution >= 4 is 11.8 Å². The Kier molecular flexibility index (Phi) is 6.40. The van der Waals surface area contributed by atoms with Gasteiger partial charge in [0, 0.05) is 32.3 Å². The maximum absolute atomic E-state index is 13.6. The van der Waals surface area contributed by atoms with E-state index in [0.29, 0.717) is 31.7 Å². The summed E-state index contributed by atoms with van der Waals surface area (Å²) in [6, 6.07) is 15.2. The van der Waals surface area contributed by atoms with Crippen molar-refractivity contribution in [1.82, 2.24) is 14.8 Å². The summed E-state index contributed by atoms with van der Waals surface area (Å²) in [6.45, 7) is 5.19. The number of likely N-dealkylation sites (tertiary alicyclic amines) is 1. The Morgan fingerprint density at radius 2 is 1.75 bits per heavy atom. The molecule has 166 valence electrons. The highest BCUT2D eigenvalue weighted by atomic mass is 16.3. The maximum Gasteiger partial charge on any atom is 0.289 e. The van der Waals surface area contributed by atoms with Crippen LogP contribution in [0.15, 0.2) is 65.4 Å². The van der Waals surface area contributed by atoms with Crippen LogP contribution < -0.4 is 0 Å². The quantitative estimate of drug-likeness (QED) is 0.601. The topological polar surface area (TPSA) is 66.7 Å². The molecule has 0 bridgehead atoms. The van der Waals surface area contributed by atoms with Crippen LogP contribution in [0.25, 0.3) is 0 Å². The standard InChI is InChI=1S/C26H29N3O3/c1-18-8-4-5-10-21(18)24(23-19(2)9-6-14-27-23)28(3)25(30)20-12-15-29(16-13-20)26(31)22-11-7-17-32-22/h4-11,14,17,20,24H,12-13,15-16H2,1-3H3. The number of amides is 2. The second-order valence-corrected chi connectivity index (χ2v) is 8.46. The number of piperidine rings is 1. The fraction of sp³-hybridized carbons (Fsp3) is 0.346. The summed E-state index contributed by atoms with van der Waals surface area (Å²) in [6.07, 6.45) is 4.56. The molecule has 6 heteroatoms. The highest BCUT2D eigenvalue weighted by molar-refractivity contribution is 5.91. The Morgan fingerprint density at radius 3 is 2.41 bits per heavy atom. The minimum absolute atomic E-state index is 0.0911. The highest BCUT2D eigenvalue weighted by Gasteiger charge is 2.34. The molecule has 1 aromatic carbocycles. The molecular weight excluding hydrogens is 402 g/mol. The summed E-state index contributed by atoms with van der Waals surface area (Å²) in [5, 5.41) is 0. The SMILES string of the molecule is Cc1ccccc1C(c1ncccc1C)N(C)C(=O)C1CCN(C(=O)c2ccco2)CC1. The number of furan rings is 1. The molecular formula is C26H29N3O3. The zero-order chi connectivity index (χ0) is 22.7. The van der Waals surface area contributed by atoms with Crippen molar-refractivity contribution in [2.45, 2.75) is 32.7 Å². The lowest BCUT2D eigenvalue weighted by atomic mass is 9.91. The third-order valence-corrected chi connectivity index (χ3v) is 6.39. The maximum atomic E-state index is 13.6. The van der Waals surface area contributed by atoms with Crippen LogP contribution in [0, 0.1) is 19.8 Å². The Morgan fingerprint density at radius 1 is 1.03 bits per heavy atom. The molecule has 0 spiro atoms. The van der Waals surface area contributed by atoms with Crippen LogP contribution in [-0.2, 0) is 4.79 Å². The summed E-state index contributed by atoms with van der Waals surface area (Å²) in [7, 11) is 1.87. The third kappa shape index (κ3) is 4.31. The van der Waals surface area contributed by atoms with Crippen molar-refractivity contribution < 1.29 is 14.0 Å². The Labute approximate surface area is 188 Å². The van der Waals surface area contributed by atoms with E-state index < -0.39 is 0 Å². The summed E-state index contributed by atoms with van der Waals surface area (Å²) in [4.78, 5) is 34.4. The number of hydrogen-bond acceptors (Lipinski definition) is 4. The number of aryl methyl sites for hydroxylation is 2. The molecule has 0 saturated carbocycles. The molecule has 4 rings (SSSR count). The van der Waals surface area contributed by atoms with E-state index in [9.17, 15) is 9.59 Å². The summed E-state index contributed by atoms with van der Waals surface area (Å²) in [5.74, 6) is 0.192. The van der Waals surface area contributed by atoms with Gasteiger partial charge in [0.15, 0.2) is 5.76 Å². The fourth-order valence-electron chi connectivity index (χ4n) is 4.52. The van der Waals surface area contributed by atoms with E-state index >= 15 is 0 Å². The van der Waals surface area contributed by atoms with E-state index in [1.165, 1.54) is 6.26 Å². The zero-order valence-electron chi connectivity index (χ0n) is 18.8. The van der Waals surface area contributed by atoms with Crippen molar-refractivity contribution in [3.8, 4) is 0 Å². The second-order valence-electron chi connectivity index (χ2n) is 8.46. The van der Waals surface area contributed by atoms with Crippen LogP contribution in [0.4, 0.5) is 0 Å². The number of carbonyl (C=O) groups excluding carboxylic acids is 2. The second kappa shape index (κ2) is 9.39. The number of pyridine rings is 1. The number of benzene rings is 1. The average molecular weight is 432 g/mol. The van der Waals surface area contributed by atoms with Gasteiger partial charge in [0.1, 0.15) is 0 Å². The van der Waals surface area contributed by atoms with Gasteiger partial charge in [-0.1, -0.05) is 30.3 Å². The van der Waals surface area contributed by atoms with Crippen LogP contribution in [0.2, 0.25) is 0 Å². The number of nitrogens with zero attached hydrogens (tertiary/aromatic N) is 3. The monoisotopic (exact) mass is 431 g/mol. The van der Waals surface area contributed by atoms with E-state index in [0.717, 1.165) is 22.4 Å². The molecule has 1 aliphatic heterocycles. The lowest BCUT2D eigenvalue weighted by Gasteiger charge is -2.36. The predicted octanol–water partition coefficient (Wildman–Crippen LogP) is 4.39. The number of rotatable bonds is 5. The summed E-state index contributed by atoms with van der Waals surface area (Å²) in [5.41, 5.74) is 4.15. The third-order valence-electron chi connectivity index (χ3n) is 6.39. The van der Waals surface area contributed by atoms with E-state index in [1.54, 1.807) is 23.2 Å². The molecule has 1 saturated heterocycles. The normalized spacial score (nSPS) is 15.4. The van der Waals surface area contributed by atoms with Crippen molar-refractivity contribution in [2.24, 2.45) is 5.92 Å². The van der Waals surface area contributed by atoms with E-state index in [2.05, 4.69) is 24.0 Å². The molecule has 3 aromatic rings. The Hall–Kier alpha value is -3.41. The van der Waals surface area contributed by atoms with Gasteiger partial charge in [0.25, 0.3) is 5.91 Å². The number of aromatic nitrogens is 1. The van der Waals surface area contributed by atoms with Crippen molar-refractivity contribution in [2.75, 3.05) is 20.1 Å². The summed E-state index contributed by atoms with van der Waals surface area (Å²) < 4.78 is 5.24. The fourth-order valence-corrected chi connectivity index (χ4v) is 4.52. The molecule has 1 fully saturated rings. The van der Waals surface area contributed by atoms with Crippen LogP contribution >= 0.6 is 0 Å². The first-order valence-electron chi connectivity index (χ1n) is 11.0. The Bertz CT molecular complexity index is 1040. The zero-order valence-corrected chi connectivity index (χ0v) is 18.8. The highest BCUT2D eigenvalue weighted by Crippen LogP contribution is 2.33. The van der Waals surface area contributed by atoms with Crippen LogP contribution in [0.1, 0.15) is 51.8 Å². The van der Waals surface area contributed by atoms with Gasteiger partial charge in [0.05, 0.1) is 18.0 Å². The largest absolute Gasteiger partial charge is 0.459 e. The van der Waals surface area contributed by atoms with Gasteiger partial charge in [-0.2, -0.15) is 0 Å².